The third-order valence-corrected chi connectivity index (χ3v) is 3.54. The zero-order valence-electron chi connectivity index (χ0n) is 12.7. The molecule has 25 heavy (non-hydrogen) atoms. The Labute approximate surface area is 145 Å². The summed E-state index contributed by atoms with van der Waals surface area (Å²) in [6.07, 6.45) is -5.21. The predicted octanol–water partition coefficient (Wildman–Crippen LogP) is 5.10. The van der Waals surface area contributed by atoms with E-state index in [1.807, 2.05) is 0 Å². The lowest BCUT2D eigenvalue weighted by atomic mass is 10.1. The second-order valence-corrected chi connectivity index (χ2v) is 5.60. The first-order chi connectivity index (χ1) is 11.7. The minimum Gasteiger partial charge on any atom is -0.325 e. The van der Waals surface area contributed by atoms with Crippen LogP contribution in [0.5, 0.6) is 0 Å². The summed E-state index contributed by atoms with van der Waals surface area (Å²) >= 11 is 5.56. The average molecular weight is 374 g/mol. The lowest BCUT2D eigenvalue weighted by Gasteiger charge is -2.14. The SMILES string of the molecule is O=C(CCC(=O)c1ccc(F)cc1)Nc1ccc(Cl)cc1C(F)(F)F. The standard InChI is InChI=1S/C17H12ClF4NO2/c18-11-3-6-14(13(9-11)17(20,21)22)23-16(25)8-7-15(24)10-1-4-12(19)5-2-10/h1-6,9H,7-8H2,(H,23,25). The Morgan fingerprint density at radius 3 is 2.24 bits per heavy atom. The van der Waals surface area contributed by atoms with E-state index in [1.54, 1.807) is 0 Å². The van der Waals surface area contributed by atoms with E-state index in [9.17, 15) is 27.2 Å². The van der Waals surface area contributed by atoms with Crippen molar-refractivity contribution < 1.29 is 27.2 Å². The fourth-order valence-electron chi connectivity index (χ4n) is 2.08. The maximum Gasteiger partial charge on any atom is 0.418 e. The molecule has 0 bridgehead atoms. The highest BCUT2D eigenvalue weighted by atomic mass is 35.5. The van der Waals surface area contributed by atoms with Crippen LogP contribution in [0.3, 0.4) is 0 Å². The Morgan fingerprint density at radius 1 is 1.00 bits per heavy atom. The van der Waals surface area contributed by atoms with Crippen molar-refractivity contribution in [2.75, 3.05) is 5.32 Å². The van der Waals surface area contributed by atoms with Gasteiger partial charge in [0.15, 0.2) is 5.78 Å². The lowest BCUT2D eigenvalue weighted by Crippen LogP contribution is -2.17. The van der Waals surface area contributed by atoms with E-state index >= 15 is 0 Å². The number of rotatable bonds is 5. The molecule has 1 N–H and O–H groups in total. The summed E-state index contributed by atoms with van der Waals surface area (Å²) in [6.45, 7) is 0. The highest BCUT2D eigenvalue weighted by Crippen LogP contribution is 2.36. The van der Waals surface area contributed by atoms with Gasteiger partial charge in [0.1, 0.15) is 5.82 Å². The van der Waals surface area contributed by atoms with Gasteiger partial charge in [-0.25, -0.2) is 4.39 Å². The van der Waals surface area contributed by atoms with Crippen LogP contribution in [-0.2, 0) is 11.0 Å². The van der Waals surface area contributed by atoms with E-state index in [4.69, 9.17) is 11.6 Å². The van der Waals surface area contributed by atoms with Crippen LogP contribution in [0.15, 0.2) is 42.5 Å². The fourth-order valence-corrected chi connectivity index (χ4v) is 2.25. The van der Waals surface area contributed by atoms with Crippen LogP contribution in [0.2, 0.25) is 5.02 Å². The van der Waals surface area contributed by atoms with Gasteiger partial charge < -0.3 is 5.32 Å². The Bertz CT molecular complexity index is 788. The molecule has 0 spiro atoms. The number of ketones is 1. The van der Waals surface area contributed by atoms with Crippen molar-refractivity contribution in [3.63, 3.8) is 0 Å². The molecule has 2 rings (SSSR count). The summed E-state index contributed by atoms with van der Waals surface area (Å²) in [5, 5.41) is 2.02. The number of carbonyl (C=O) groups is 2. The molecule has 1 amide bonds. The molecule has 132 valence electrons. The minimum absolute atomic E-state index is 0.114. The molecule has 0 heterocycles. The first-order valence-corrected chi connectivity index (χ1v) is 7.50. The van der Waals surface area contributed by atoms with Gasteiger partial charge in [0.2, 0.25) is 5.91 Å². The number of hydrogen-bond donors (Lipinski definition) is 1. The summed E-state index contributed by atoms with van der Waals surface area (Å²) in [4.78, 5) is 23.7. The molecule has 0 radical (unpaired) electrons. The summed E-state index contributed by atoms with van der Waals surface area (Å²) < 4.78 is 51.6. The molecule has 3 nitrogen and oxygen atoms in total. The summed E-state index contributed by atoms with van der Waals surface area (Å²) in [7, 11) is 0. The van der Waals surface area contributed by atoms with Gasteiger partial charge in [-0.05, 0) is 42.5 Å². The average Bonchev–Trinajstić information content (AvgIpc) is 2.54. The molecule has 2 aromatic carbocycles. The van der Waals surface area contributed by atoms with Gasteiger partial charge in [0, 0.05) is 23.4 Å². The third-order valence-electron chi connectivity index (χ3n) is 3.31. The summed E-state index contributed by atoms with van der Waals surface area (Å²) in [5.74, 6) is -1.66. The van der Waals surface area contributed by atoms with Crippen LogP contribution in [-0.4, -0.2) is 11.7 Å². The van der Waals surface area contributed by atoms with Crippen molar-refractivity contribution >= 4 is 29.0 Å². The maximum atomic E-state index is 13.0. The van der Waals surface area contributed by atoms with Crippen LogP contribution in [0.25, 0.3) is 0 Å². The van der Waals surface area contributed by atoms with E-state index in [2.05, 4.69) is 5.32 Å². The fraction of sp³-hybridized carbons (Fsp3) is 0.176. The molecule has 8 heteroatoms. The minimum atomic E-state index is -4.68. The molecular weight excluding hydrogens is 362 g/mol. The molecule has 0 saturated carbocycles. The molecule has 0 aromatic heterocycles. The van der Waals surface area contributed by atoms with E-state index in [0.29, 0.717) is 6.07 Å². The number of nitrogens with one attached hydrogen (secondary N) is 1. The van der Waals surface area contributed by atoms with Crippen molar-refractivity contribution in [2.45, 2.75) is 19.0 Å². The number of Topliss-reactive ketones (excluding diaryl/α,β-unsaturated/α-hetero) is 1. The first kappa shape index (κ1) is 18.9. The normalized spacial score (nSPS) is 11.2. The van der Waals surface area contributed by atoms with Crippen molar-refractivity contribution in [1.82, 2.24) is 0 Å². The van der Waals surface area contributed by atoms with Gasteiger partial charge in [0.05, 0.1) is 11.3 Å². The van der Waals surface area contributed by atoms with Gasteiger partial charge in [-0.15, -0.1) is 0 Å². The van der Waals surface area contributed by atoms with Crippen LogP contribution in [0.1, 0.15) is 28.8 Å². The number of carbonyl (C=O) groups excluding carboxylic acids is 2. The molecule has 0 aliphatic heterocycles. The first-order valence-electron chi connectivity index (χ1n) is 7.12. The van der Waals surface area contributed by atoms with Crippen molar-refractivity contribution in [1.29, 1.82) is 0 Å². The Hall–Kier alpha value is -2.41. The molecule has 0 aliphatic carbocycles. The summed E-state index contributed by atoms with van der Waals surface area (Å²) in [6, 6.07) is 7.74. The molecular formula is C17H12ClF4NO2. The van der Waals surface area contributed by atoms with Crippen LogP contribution in [0.4, 0.5) is 23.2 Å². The van der Waals surface area contributed by atoms with E-state index < -0.39 is 34.9 Å². The van der Waals surface area contributed by atoms with Crippen LogP contribution >= 0.6 is 11.6 Å². The number of amides is 1. The van der Waals surface area contributed by atoms with Crippen molar-refractivity contribution in [3.05, 3.63) is 64.4 Å². The third kappa shape index (κ3) is 5.29. The molecule has 0 fully saturated rings. The number of hydrogen-bond acceptors (Lipinski definition) is 2. The molecule has 2 aromatic rings. The highest BCUT2D eigenvalue weighted by molar-refractivity contribution is 6.30. The van der Waals surface area contributed by atoms with Gasteiger partial charge in [0.25, 0.3) is 0 Å². The monoisotopic (exact) mass is 373 g/mol. The lowest BCUT2D eigenvalue weighted by molar-refractivity contribution is -0.137. The number of benzene rings is 2. The zero-order chi connectivity index (χ0) is 18.6. The van der Waals surface area contributed by atoms with Gasteiger partial charge in [-0.3, -0.25) is 9.59 Å². The van der Waals surface area contributed by atoms with Crippen molar-refractivity contribution in [3.8, 4) is 0 Å². The second-order valence-electron chi connectivity index (χ2n) is 5.17. The maximum absolute atomic E-state index is 13.0. The Balaban J connectivity index is 2.01. The molecule has 0 saturated heterocycles. The molecule has 0 aliphatic rings. The van der Waals surface area contributed by atoms with E-state index in [1.165, 1.54) is 18.2 Å². The quantitative estimate of drug-likeness (QED) is 0.585. The van der Waals surface area contributed by atoms with Gasteiger partial charge in [-0.1, -0.05) is 11.6 Å². The van der Waals surface area contributed by atoms with Crippen molar-refractivity contribution in [2.24, 2.45) is 0 Å². The smallest absolute Gasteiger partial charge is 0.325 e. The Morgan fingerprint density at radius 2 is 1.64 bits per heavy atom. The summed E-state index contributed by atoms with van der Waals surface area (Å²) in [5.41, 5.74) is -1.29. The topological polar surface area (TPSA) is 46.2 Å². The largest absolute Gasteiger partial charge is 0.418 e. The predicted molar refractivity (Wildman–Crippen MR) is 85.0 cm³/mol. The molecule has 0 unspecified atom stereocenters. The number of alkyl halides is 3. The van der Waals surface area contributed by atoms with Crippen LogP contribution in [0, 0.1) is 5.82 Å². The second kappa shape index (κ2) is 7.65. The number of halogens is 5. The number of anilines is 1. The van der Waals surface area contributed by atoms with E-state index in [-0.39, 0.29) is 23.4 Å². The zero-order valence-corrected chi connectivity index (χ0v) is 13.4. The van der Waals surface area contributed by atoms with Gasteiger partial charge >= 0.3 is 6.18 Å². The Kier molecular flexibility index (Phi) is 5.79. The molecule has 0 atom stereocenters. The van der Waals surface area contributed by atoms with E-state index in [0.717, 1.165) is 18.2 Å². The van der Waals surface area contributed by atoms with Crippen LogP contribution < -0.4 is 5.32 Å². The highest BCUT2D eigenvalue weighted by Gasteiger charge is 2.34. The van der Waals surface area contributed by atoms with Gasteiger partial charge in [-0.2, -0.15) is 13.2 Å².